The number of halogens is 1. The number of benzene rings is 1. The molecule has 0 aliphatic rings. The van der Waals surface area contributed by atoms with Crippen molar-refractivity contribution in [2.45, 2.75) is 32.7 Å². The van der Waals surface area contributed by atoms with Crippen molar-refractivity contribution in [1.82, 2.24) is 0 Å². The smallest absolute Gasteiger partial charge is 0.146 e. The molecule has 1 atom stereocenters. The second kappa shape index (κ2) is 5.30. The zero-order valence-corrected chi connectivity index (χ0v) is 10.1. The number of anilines is 1. The Kier molecular flexibility index (Phi) is 4.30. The van der Waals surface area contributed by atoms with Crippen LogP contribution in [0.3, 0.4) is 0 Å². The minimum atomic E-state index is -0.476. The summed E-state index contributed by atoms with van der Waals surface area (Å²) >= 11 is 0. The van der Waals surface area contributed by atoms with E-state index in [-0.39, 0.29) is 12.4 Å². The highest BCUT2D eigenvalue weighted by molar-refractivity contribution is 5.46. The Morgan fingerprint density at radius 3 is 2.50 bits per heavy atom. The average Bonchev–Trinajstić information content (AvgIpc) is 2.20. The fourth-order valence-corrected chi connectivity index (χ4v) is 1.94. The van der Waals surface area contributed by atoms with Gasteiger partial charge in [0.05, 0.1) is 17.8 Å². The lowest BCUT2D eigenvalue weighted by Crippen LogP contribution is -2.40. The van der Waals surface area contributed by atoms with Gasteiger partial charge in [-0.05, 0) is 31.4 Å². The van der Waals surface area contributed by atoms with Gasteiger partial charge in [0.25, 0.3) is 0 Å². The summed E-state index contributed by atoms with van der Waals surface area (Å²) < 4.78 is 13.4. The van der Waals surface area contributed by atoms with E-state index in [0.717, 1.165) is 6.42 Å². The van der Waals surface area contributed by atoms with Gasteiger partial charge in [-0.25, -0.2) is 4.39 Å². The number of hydrogen-bond acceptors (Lipinski definition) is 2. The average molecular weight is 225 g/mol. The summed E-state index contributed by atoms with van der Waals surface area (Å²) in [7, 11) is 0. The summed E-state index contributed by atoms with van der Waals surface area (Å²) in [6.07, 6.45) is 0.790. The van der Waals surface area contributed by atoms with Crippen LogP contribution in [0, 0.1) is 11.7 Å². The first-order valence-corrected chi connectivity index (χ1v) is 5.60. The molecule has 1 rings (SSSR count). The van der Waals surface area contributed by atoms with Crippen molar-refractivity contribution in [2.75, 3.05) is 11.9 Å². The molecule has 0 heterocycles. The van der Waals surface area contributed by atoms with Crippen LogP contribution < -0.4 is 5.32 Å². The molecule has 0 aromatic heterocycles. The van der Waals surface area contributed by atoms with Crippen molar-refractivity contribution < 1.29 is 9.50 Å². The molecule has 2 N–H and O–H groups in total. The number of aliphatic hydroxyl groups is 1. The second-order valence-electron chi connectivity index (χ2n) is 4.92. The standard InChI is InChI=1S/C13H20FNO/c1-10(2)8-13(3,9-16)15-12-7-5-4-6-11(12)14/h4-7,10,15-16H,8-9H2,1-3H3. The molecule has 0 radical (unpaired) electrons. The van der Waals surface area contributed by atoms with E-state index in [0.29, 0.717) is 11.6 Å². The molecule has 0 aliphatic heterocycles. The van der Waals surface area contributed by atoms with Crippen LogP contribution >= 0.6 is 0 Å². The molecule has 16 heavy (non-hydrogen) atoms. The van der Waals surface area contributed by atoms with Crippen LogP contribution in [0.15, 0.2) is 24.3 Å². The molecule has 0 saturated carbocycles. The monoisotopic (exact) mass is 225 g/mol. The zero-order chi connectivity index (χ0) is 12.2. The first kappa shape index (κ1) is 13.0. The van der Waals surface area contributed by atoms with Gasteiger partial charge in [-0.15, -0.1) is 0 Å². The Balaban J connectivity index is 2.81. The van der Waals surface area contributed by atoms with E-state index < -0.39 is 5.54 Å². The lowest BCUT2D eigenvalue weighted by Gasteiger charge is -2.31. The molecule has 1 aromatic carbocycles. The van der Waals surface area contributed by atoms with Crippen molar-refractivity contribution in [3.63, 3.8) is 0 Å². The normalized spacial score (nSPS) is 14.9. The van der Waals surface area contributed by atoms with Gasteiger partial charge in [0.2, 0.25) is 0 Å². The maximum Gasteiger partial charge on any atom is 0.146 e. The van der Waals surface area contributed by atoms with Gasteiger partial charge in [0.1, 0.15) is 5.82 Å². The van der Waals surface area contributed by atoms with Crippen LogP contribution in [0.1, 0.15) is 27.2 Å². The second-order valence-corrected chi connectivity index (χ2v) is 4.92. The fraction of sp³-hybridized carbons (Fsp3) is 0.538. The lowest BCUT2D eigenvalue weighted by atomic mass is 9.91. The molecular weight excluding hydrogens is 205 g/mol. The van der Waals surface area contributed by atoms with Gasteiger partial charge in [0.15, 0.2) is 0 Å². The van der Waals surface area contributed by atoms with Crippen LogP contribution in [-0.4, -0.2) is 17.3 Å². The minimum absolute atomic E-state index is 0.0144. The molecule has 0 amide bonds. The maximum atomic E-state index is 13.4. The number of para-hydroxylation sites is 1. The first-order chi connectivity index (χ1) is 7.47. The highest BCUT2D eigenvalue weighted by atomic mass is 19.1. The van der Waals surface area contributed by atoms with Crippen LogP contribution in [0.2, 0.25) is 0 Å². The molecule has 3 heteroatoms. The molecule has 90 valence electrons. The zero-order valence-electron chi connectivity index (χ0n) is 10.1. The van der Waals surface area contributed by atoms with E-state index in [1.807, 2.05) is 6.92 Å². The Morgan fingerprint density at radius 2 is 2.00 bits per heavy atom. The molecule has 2 nitrogen and oxygen atoms in total. The van der Waals surface area contributed by atoms with Crippen molar-refractivity contribution in [2.24, 2.45) is 5.92 Å². The Hall–Kier alpha value is -1.09. The van der Waals surface area contributed by atoms with E-state index in [1.54, 1.807) is 18.2 Å². The quantitative estimate of drug-likeness (QED) is 0.807. The van der Waals surface area contributed by atoms with Crippen LogP contribution in [0.25, 0.3) is 0 Å². The summed E-state index contributed by atoms with van der Waals surface area (Å²) in [6.45, 7) is 6.05. The summed E-state index contributed by atoms with van der Waals surface area (Å²) in [5.41, 5.74) is -0.0317. The van der Waals surface area contributed by atoms with Gasteiger partial charge in [-0.1, -0.05) is 26.0 Å². The number of nitrogens with one attached hydrogen (secondary N) is 1. The van der Waals surface area contributed by atoms with E-state index in [4.69, 9.17) is 0 Å². The van der Waals surface area contributed by atoms with Gasteiger partial charge >= 0.3 is 0 Å². The molecule has 1 unspecified atom stereocenters. The van der Waals surface area contributed by atoms with Gasteiger partial charge in [0, 0.05) is 0 Å². The van der Waals surface area contributed by atoms with Crippen LogP contribution in [0.4, 0.5) is 10.1 Å². The van der Waals surface area contributed by atoms with E-state index in [2.05, 4.69) is 19.2 Å². The highest BCUT2D eigenvalue weighted by Gasteiger charge is 2.25. The van der Waals surface area contributed by atoms with Crippen molar-refractivity contribution in [1.29, 1.82) is 0 Å². The van der Waals surface area contributed by atoms with Gasteiger partial charge in [-0.2, -0.15) is 0 Å². The molecule has 1 aromatic rings. The van der Waals surface area contributed by atoms with Crippen LogP contribution in [-0.2, 0) is 0 Å². The molecule has 0 fully saturated rings. The summed E-state index contributed by atoms with van der Waals surface area (Å²) in [6, 6.07) is 6.52. The third-order valence-corrected chi connectivity index (χ3v) is 2.52. The number of hydrogen-bond donors (Lipinski definition) is 2. The summed E-state index contributed by atoms with van der Waals surface area (Å²) in [5.74, 6) is 0.155. The highest BCUT2D eigenvalue weighted by Crippen LogP contribution is 2.23. The maximum absolute atomic E-state index is 13.4. The summed E-state index contributed by atoms with van der Waals surface area (Å²) in [4.78, 5) is 0. The number of aliphatic hydroxyl groups excluding tert-OH is 1. The Labute approximate surface area is 96.5 Å². The van der Waals surface area contributed by atoms with Gasteiger partial charge < -0.3 is 10.4 Å². The molecule has 0 spiro atoms. The SMILES string of the molecule is CC(C)CC(C)(CO)Nc1ccccc1F. The largest absolute Gasteiger partial charge is 0.394 e. The molecule has 0 aliphatic carbocycles. The topological polar surface area (TPSA) is 32.3 Å². The number of rotatable bonds is 5. The van der Waals surface area contributed by atoms with E-state index in [9.17, 15) is 9.50 Å². The summed E-state index contributed by atoms with van der Waals surface area (Å²) in [5, 5.41) is 12.5. The third kappa shape index (κ3) is 3.49. The third-order valence-electron chi connectivity index (χ3n) is 2.52. The van der Waals surface area contributed by atoms with Crippen molar-refractivity contribution in [3.8, 4) is 0 Å². The predicted molar refractivity (Wildman–Crippen MR) is 65.0 cm³/mol. The van der Waals surface area contributed by atoms with Crippen molar-refractivity contribution in [3.05, 3.63) is 30.1 Å². The first-order valence-electron chi connectivity index (χ1n) is 5.60. The minimum Gasteiger partial charge on any atom is -0.394 e. The van der Waals surface area contributed by atoms with Crippen molar-refractivity contribution >= 4 is 5.69 Å². The Bertz CT molecular complexity index is 340. The Morgan fingerprint density at radius 1 is 1.38 bits per heavy atom. The molecule has 0 bridgehead atoms. The fourth-order valence-electron chi connectivity index (χ4n) is 1.94. The van der Waals surface area contributed by atoms with Gasteiger partial charge in [-0.3, -0.25) is 0 Å². The van der Waals surface area contributed by atoms with E-state index >= 15 is 0 Å². The molecule has 0 saturated heterocycles. The van der Waals surface area contributed by atoms with Crippen LogP contribution in [0.5, 0.6) is 0 Å². The lowest BCUT2D eigenvalue weighted by molar-refractivity contribution is 0.202. The molecular formula is C13H20FNO. The van der Waals surface area contributed by atoms with E-state index in [1.165, 1.54) is 6.07 Å². The predicted octanol–water partition coefficient (Wildman–Crippen LogP) is 3.03.